The molecule has 3 aromatic rings. The van der Waals surface area contributed by atoms with Crippen LogP contribution in [0.4, 0.5) is 5.69 Å². The maximum absolute atomic E-state index is 13.7. The third kappa shape index (κ3) is 3.25. The molecule has 2 N–H and O–H groups in total. The van der Waals surface area contributed by atoms with Crippen LogP contribution in [0, 0.1) is 0 Å². The number of fused-ring (bicyclic) bond motifs is 1. The number of hydrogen-bond donors (Lipinski definition) is 2. The average molecular weight is 481 g/mol. The number of H-pyrrole nitrogens is 1. The number of likely N-dealkylation sites (tertiary alicyclic amines) is 1. The molecule has 3 fully saturated rings. The zero-order valence-electron chi connectivity index (χ0n) is 19.1. The maximum Gasteiger partial charge on any atom is 0.243 e. The second kappa shape index (κ2) is 7.56. The van der Waals surface area contributed by atoms with Crippen molar-refractivity contribution >= 4 is 32.5 Å². The number of aromatic nitrogens is 1. The van der Waals surface area contributed by atoms with E-state index in [1.165, 1.54) is 6.92 Å². The van der Waals surface area contributed by atoms with Crippen LogP contribution >= 0.6 is 0 Å². The van der Waals surface area contributed by atoms with Crippen LogP contribution in [0.2, 0.25) is 0 Å². The van der Waals surface area contributed by atoms with E-state index in [1.807, 2.05) is 36.4 Å². The normalized spacial score (nSPS) is 22.2. The van der Waals surface area contributed by atoms with Gasteiger partial charge in [-0.25, -0.2) is 8.42 Å². The molecule has 1 unspecified atom stereocenters. The first-order chi connectivity index (χ1) is 16.3. The molecule has 1 amide bonds. The summed E-state index contributed by atoms with van der Waals surface area (Å²) in [4.78, 5) is 19.2. The summed E-state index contributed by atoms with van der Waals surface area (Å²) in [6, 6.07) is 15.3. The summed E-state index contributed by atoms with van der Waals surface area (Å²) >= 11 is 0. The number of amides is 1. The Morgan fingerprint density at radius 1 is 1.12 bits per heavy atom. The summed E-state index contributed by atoms with van der Waals surface area (Å²) in [7, 11) is -3.72. The van der Waals surface area contributed by atoms with Crippen molar-refractivity contribution in [1.29, 1.82) is 0 Å². The van der Waals surface area contributed by atoms with Gasteiger partial charge >= 0.3 is 0 Å². The molecule has 1 aromatic heterocycles. The molecule has 8 nitrogen and oxygen atoms in total. The maximum atomic E-state index is 13.7. The second-order valence-corrected chi connectivity index (χ2v) is 11.6. The molecule has 1 spiro atoms. The van der Waals surface area contributed by atoms with E-state index in [-0.39, 0.29) is 16.9 Å². The highest BCUT2D eigenvalue weighted by Gasteiger charge is 2.58. The van der Waals surface area contributed by atoms with Gasteiger partial charge in [-0.1, -0.05) is 18.2 Å². The predicted octanol–water partition coefficient (Wildman–Crippen LogP) is 2.40. The van der Waals surface area contributed by atoms with Crippen LogP contribution in [0.1, 0.15) is 19.8 Å². The molecule has 0 aliphatic carbocycles. The van der Waals surface area contributed by atoms with Gasteiger partial charge in [0.25, 0.3) is 0 Å². The number of aliphatic hydroxyl groups is 1. The van der Waals surface area contributed by atoms with Gasteiger partial charge in [-0.2, -0.15) is 4.31 Å². The minimum Gasteiger partial charge on any atom is -0.391 e. The van der Waals surface area contributed by atoms with Crippen molar-refractivity contribution in [3.63, 3.8) is 0 Å². The van der Waals surface area contributed by atoms with Crippen LogP contribution in [0.5, 0.6) is 0 Å². The molecular formula is C25H28N4O4S. The minimum atomic E-state index is -3.72. The van der Waals surface area contributed by atoms with Crippen LogP contribution in [0.25, 0.3) is 22.2 Å². The summed E-state index contributed by atoms with van der Waals surface area (Å²) in [5.41, 5.74) is 3.08. The summed E-state index contributed by atoms with van der Waals surface area (Å²) in [6.07, 6.45) is 1.08. The quantitative estimate of drug-likeness (QED) is 0.598. The van der Waals surface area contributed by atoms with Gasteiger partial charge in [-0.15, -0.1) is 0 Å². The molecule has 34 heavy (non-hydrogen) atoms. The summed E-state index contributed by atoms with van der Waals surface area (Å²) in [5, 5.41) is 11.2. The highest BCUT2D eigenvalue weighted by Crippen LogP contribution is 2.44. The number of aromatic amines is 1. The topological polar surface area (TPSA) is 97.0 Å². The van der Waals surface area contributed by atoms with Crippen LogP contribution < -0.4 is 4.90 Å². The van der Waals surface area contributed by atoms with Gasteiger partial charge in [-0.05, 0) is 43.2 Å². The molecule has 3 aliphatic heterocycles. The molecular weight excluding hydrogens is 452 g/mol. The third-order valence-electron chi connectivity index (χ3n) is 7.61. The largest absolute Gasteiger partial charge is 0.391 e. The van der Waals surface area contributed by atoms with E-state index >= 15 is 0 Å². The number of para-hydroxylation sites is 1. The first-order valence-electron chi connectivity index (χ1n) is 11.7. The van der Waals surface area contributed by atoms with Crippen molar-refractivity contribution < 1.29 is 18.3 Å². The Bertz CT molecular complexity index is 1360. The summed E-state index contributed by atoms with van der Waals surface area (Å²) in [5.74, 6) is -0.0203. The number of β-amino-alcohol motifs (C(OH)–C–C–N with tert-alkyl or cyclic N) is 1. The molecule has 2 aromatic carbocycles. The lowest BCUT2D eigenvalue weighted by atomic mass is 9.80. The number of nitrogens with one attached hydrogen (secondary N) is 1. The SMILES string of the molecule is CC(=O)N1CC2(CCN2S(=O)(=O)c2ccc(N3CCC(O)C3)c(-c3cc4ccccc4[nH]3)c2)C1. The fraction of sp³-hybridized carbons (Fsp3) is 0.400. The fourth-order valence-electron chi connectivity index (χ4n) is 5.57. The molecule has 3 aliphatic rings. The number of carbonyl (C=O) groups is 1. The van der Waals surface area contributed by atoms with Crippen molar-refractivity contribution in [3.8, 4) is 11.3 Å². The third-order valence-corrected chi connectivity index (χ3v) is 9.61. The van der Waals surface area contributed by atoms with Crippen LogP contribution in [-0.2, 0) is 14.8 Å². The summed E-state index contributed by atoms with van der Waals surface area (Å²) in [6.45, 7) is 4.15. The number of aliphatic hydroxyl groups excluding tert-OH is 1. The average Bonchev–Trinajstić information content (AvgIpc) is 3.37. The lowest BCUT2D eigenvalue weighted by molar-refractivity contribution is -0.147. The zero-order valence-corrected chi connectivity index (χ0v) is 19.9. The van der Waals surface area contributed by atoms with Gasteiger partial charge in [0.15, 0.2) is 0 Å². The van der Waals surface area contributed by atoms with Crippen LogP contribution in [0.15, 0.2) is 53.4 Å². The van der Waals surface area contributed by atoms with E-state index in [2.05, 4.69) is 9.88 Å². The Hall–Kier alpha value is -2.88. The number of sulfonamides is 1. The molecule has 9 heteroatoms. The Labute approximate surface area is 198 Å². The molecule has 0 bridgehead atoms. The van der Waals surface area contributed by atoms with Crippen molar-refractivity contribution in [3.05, 3.63) is 48.5 Å². The van der Waals surface area contributed by atoms with Gasteiger partial charge in [0, 0.05) is 67.5 Å². The van der Waals surface area contributed by atoms with Crippen molar-refractivity contribution in [2.45, 2.75) is 36.3 Å². The lowest BCUT2D eigenvalue weighted by Crippen LogP contribution is -2.78. The standard InChI is InChI=1S/C25H28N4O4S/c1-17(30)28-15-25(16-28)9-11-29(25)34(32,33)20-6-7-24(27-10-8-19(31)14-27)21(13-20)23-12-18-4-2-3-5-22(18)26-23/h2-7,12-13,19,26,31H,8-11,14-16H2,1H3. The van der Waals surface area contributed by atoms with Gasteiger partial charge in [0.2, 0.25) is 15.9 Å². The van der Waals surface area contributed by atoms with E-state index in [0.717, 1.165) is 40.8 Å². The van der Waals surface area contributed by atoms with E-state index in [1.54, 1.807) is 21.3 Å². The molecule has 178 valence electrons. The lowest BCUT2D eigenvalue weighted by Gasteiger charge is -2.61. The number of anilines is 1. The highest BCUT2D eigenvalue weighted by molar-refractivity contribution is 7.89. The van der Waals surface area contributed by atoms with Crippen molar-refractivity contribution in [2.24, 2.45) is 0 Å². The monoisotopic (exact) mass is 480 g/mol. The van der Waals surface area contributed by atoms with Crippen LogP contribution in [0.3, 0.4) is 0 Å². The smallest absolute Gasteiger partial charge is 0.243 e. The minimum absolute atomic E-state index is 0.0203. The van der Waals surface area contributed by atoms with E-state index in [9.17, 15) is 18.3 Å². The van der Waals surface area contributed by atoms with Crippen molar-refractivity contribution in [2.75, 3.05) is 37.6 Å². The van der Waals surface area contributed by atoms with Gasteiger partial charge in [0.05, 0.1) is 16.5 Å². The van der Waals surface area contributed by atoms with E-state index in [0.29, 0.717) is 32.6 Å². The molecule has 0 radical (unpaired) electrons. The molecule has 1 atom stereocenters. The van der Waals surface area contributed by atoms with E-state index < -0.39 is 15.6 Å². The van der Waals surface area contributed by atoms with Gasteiger partial charge < -0.3 is 19.9 Å². The van der Waals surface area contributed by atoms with Crippen LogP contribution in [-0.4, -0.2) is 78.0 Å². The molecule has 6 rings (SSSR count). The van der Waals surface area contributed by atoms with Gasteiger partial charge in [-0.3, -0.25) is 4.79 Å². The number of carbonyl (C=O) groups excluding carboxylic acids is 1. The number of rotatable bonds is 4. The molecule has 3 saturated heterocycles. The van der Waals surface area contributed by atoms with Crippen molar-refractivity contribution in [1.82, 2.24) is 14.2 Å². The van der Waals surface area contributed by atoms with E-state index in [4.69, 9.17) is 0 Å². The fourth-order valence-corrected chi connectivity index (χ4v) is 7.38. The molecule has 4 heterocycles. The first-order valence-corrected chi connectivity index (χ1v) is 13.1. The number of benzene rings is 2. The number of nitrogens with zero attached hydrogens (tertiary/aromatic N) is 3. The Balaban J connectivity index is 1.40. The highest BCUT2D eigenvalue weighted by atomic mass is 32.2. The Morgan fingerprint density at radius 2 is 1.91 bits per heavy atom. The summed E-state index contributed by atoms with van der Waals surface area (Å²) < 4.78 is 29.0. The predicted molar refractivity (Wildman–Crippen MR) is 130 cm³/mol. The Kier molecular flexibility index (Phi) is 4.81. The second-order valence-electron chi connectivity index (χ2n) is 9.76. The Morgan fingerprint density at radius 3 is 2.56 bits per heavy atom. The molecule has 0 saturated carbocycles. The number of hydrogen-bond acceptors (Lipinski definition) is 5. The first kappa shape index (κ1) is 21.6. The van der Waals surface area contributed by atoms with Gasteiger partial charge in [0.1, 0.15) is 0 Å². The zero-order chi connectivity index (χ0) is 23.7.